The molecule has 0 saturated carbocycles. The normalized spacial score (nSPS) is 10.4. The fraction of sp³-hybridized carbons (Fsp3) is 0.143. The fourth-order valence-electron chi connectivity index (χ4n) is 1.85. The Morgan fingerprint density at radius 2 is 1.94 bits per heavy atom. The highest BCUT2D eigenvalue weighted by atomic mass is 79.9. The molecule has 2 aromatic rings. The topological polar surface area (TPSA) is 29.3 Å². The number of anilines is 2. The van der Waals surface area contributed by atoms with Crippen LogP contribution in [0.4, 0.5) is 15.8 Å². The molecule has 2 N–H and O–H groups in total. The fourth-order valence-corrected chi connectivity index (χ4v) is 2.30. The van der Waals surface area contributed by atoms with E-state index in [0.717, 1.165) is 10.0 Å². The van der Waals surface area contributed by atoms with Crippen LogP contribution in [-0.4, -0.2) is 7.05 Å². The van der Waals surface area contributed by atoms with Gasteiger partial charge in [0, 0.05) is 18.1 Å². The number of para-hydroxylation sites is 1. The standard InChI is InChI=1S/C14H14BrFN2/c1-18(9-10-4-2-5-11(15)8-10)13-7-3-6-12(16)14(13)17/h2-8H,9,17H2,1H3. The van der Waals surface area contributed by atoms with Gasteiger partial charge in [0.25, 0.3) is 0 Å². The van der Waals surface area contributed by atoms with Crippen LogP contribution in [0.3, 0.4) is 0 Å². The molecule has 0 amide bonds. The minimum atomic E-state index is -0.381. The van der Waals surface area contributed by atoms with Gasteiger partial charge >= 0.3 is 0 Å². The van der Waals surface area contributed by atoms with Crippen molar-refractivity contribution in [2.24, 2.45) is 0 Å². The lowest BCUT2D eigenvalue weighted by atomic mass is 10.2. The summed E-state index contributed by atoms with van der Waals surface area (Å²) >= 11 is 3.43. The first kappa shape index (κ1) is 12.9. The van der Waals surface area contributed by atoms with Crippen molar-refractivity contribution in [3.8, 4) is 0 Å². The molecule has 0 aliphatic rings. The van der Waals surface area contributed by atoms with E-state index in [9.17, 15) is 4.39 Å². The van der Waals surface area contributed by atoms with Crippen LogP contribution in [-0.2, 0) is 6.54 Å². The maximum atomic E-state index is 13.4. The predicted molar refractivity (Wildman–Crippen MR) is 77.1 cm³/mol. The summed E-state index contributed by atoms with van der Waals surface area (Å²) in [5, 5.41) is 0. The molecule has 0 atom stereocenters. The number of halogens is 2. The second-order valence-electron chi connectivity index (χ2n) is 4.16. The van der Waals surface area contributed by atoms with E-state index in [1.165, 1.54) is 6.07 Å². The first-order valence-electron chi connectivity index (χ1n) is 5.57. The van der Waals surface area contributed by atoms with Gasteiger partial charge in [-0.2, -0.15) is 0 Å². The third-order valence-electron chi connectivity index (χ3n) is 2.75. The Hall–Kier alpha value is -1.55. The van der Waals surface area contributed by atoms with Crippen LogP contribution in [0.5, 0.6) is 0 Å². The van der Waals surface area contributed by atoms with Crippen molar-refractivity contribution in [3.05, 3.63) is 58.3 Å². The van der Waals surface area contributed by atoms with Crippen molar-refractivity contribution < 1.29 is 4.39 Å². The molecule has 0 fully saturated rings. The summed E-state index contributed by atoms with van der Waals surface area (Å²) in [4.78, 5) is 1.93. The van der Waals surface area contributed by atoms with Crippen LogP contribution in [0.15, 0.2) is 46.9 Å². The molecular weight excluding hydrogens is 295 g/mol. The molecule has 94 valence electrons. The second-order valence-corrected chi connectivity index (χ2v) is 5.07. The van der Waals surface area contributed by atoms with E-state index in [4.69, 9.17) is 5.73 Å². The molecule has 18 heavy (non-hydrogen) atoms. The quantitative estimate of drug-likeness (QED) is 0.874. The molecule has 0 aromatic heterocycles. The van der Waals surface area contributed by atoms with E-state index < -0.39 is 0 Å². The SMILES string of the molecule is CN(Cc1cccc(Br)c1)c1cccc(F)c1N. The summed E-state index contributed by atoms with van der Waals surface area (Å²) in [5.74, 6) is -0.381. The molecule has 0 unspecified atom stereocenters. The minimum Gasteiger partial charge on any atom is -0.395 e. The molecule has 0 bridgehead atoms. The van der Waals surface area contributed by atoms with Crippen LogP contribution < -0.4 is 10.6 Å². The van der Waals surface area contributed by atoms with Gasteiger partial charge in [0.2, 0.25) is 0 Å². The Morgan fingerprint density at radius 3 is 2.67 bits per heavy atom. The van der Waals surface area contributed by atoms with E-state index in [-0.39, 0.29) is 11.5 Å². The average molecular weight is 309 g/mol. The van der Waals surface area contributed by atoms with Crippen LogP contribution in [0.1, 0.15) is 5.56 Å². The highest BCUT2D eigenvalue weighted by molar-refractivity contribution is 9.10. The zero-order chi connectivity index (χ0) is 13.1. The van der Waals surface area contributed by atoms with Gasteiger partial charge in [0.15, 0.2) is 0 Å². The number of hydrogen-bond acceptors (Lipinski definition) is 2. The number of benzene rings is 2. The molecule has 0 aliphatic heterocycles. The molecule has 0 saturated heterocycles. The first-order chi connectivity index (χ1) is 8.58. The predicted octanol–water partition coefficient (Wildman–Crippen LogP) is 3.81. The highest BCUT2D eigenvalue weighted by Crippen LogP contribution is 2.26. The molecule has 0 spiro atoms. The maximum Gasteiger partial charge on any atom is 0.148 e. The van der Waals surface area contributed by atoms with E-state index in [1.807, 2.05) is 42.3 Å². The maximum absolute atomic E-state index is 13.4. The summed E-state index contributed by atoms with van der Waals surface area (Å²) in [6.07, 6.45) is 0. The Labute approximate surface area is 114 Å². The Morgan fingerprint density at radius 1 is 1.22 bits per heavy atom. The van der Waals surface area contributed by atoms with Crippen molar-refractivity contribution in [1.29, 1.82) is 0 Å². The lowest BCUT2D eigenvalue weighted by Gasteiger charge is -2.21. The molecule has 0 aliphatic carbocycles. The lowest BCUT2D eigenvalue weighted by molar-refractivity contribution is 0.632. The van der Waals surface area contributed by atoms with Crippen LogP contribution in [0.2, 0.25) is 0 Å². The zero-order valence-electron chi connectivity index (χ0n) is 10.0. The minimum absolute atomic E-state index is 0.190. The van der Waals surface area contributed by atoms with Gasteiger partial charge in [-0.05, 0) is 29.8 Å². The van der Waals surface area contributed by atoms with Crippen LogP contribution >= 0.6 is 15.9 Å². The summed E-state index contributed by atoms with van der Waals surface area (Å²) in [6, 6.07) is 12.9. The highest BCUT2D eigenvalue weighted by Gasteiger charge is 2.09. The first-order valence-corrected chi connectivity index (χ1v) is 6.37. The molecule has 0 heterocycles. The molecular formula is C14H14BrFN2. The molecule has 2 rings (SSSR count). The van der Waals surface area contributed by atoms with Crippen molar-refractivity contribution in [2.45, 2.75) is 6.54 Å². The number of hydrogen-bond donors (Lipinski definition) is 1. The Kier molecular flexibility index (Phi) is 3.87. The number of nitrogen functional groups attached to an aromatic ring is 1. The zero-order valence-corrected chi connectivity index (χ0v) is 11.6. The number of nitrogens with zero attached hydrogens (tertiary/aromatic N) is 1. The molecule has 2 nitrogen and oxygen atoms in total. The number of rotatable bonds is 3. The van der Waals surface area contributed by atoms with Gasteiger partial charge < -0.3 is 10.6 Å². The second kappa shape index (κ2) is 5.40. The lowest BCUT2D eigenvalue weighted by Crippen LogP contribution is -2.18. The van der Waals surface area contributed by atoms with Crippen molar-refractivity contribution in [2.75, 3.05) is 17.7 Å². The number of nitrogens with two attached hydrogens (primary N) is 1. The van der Waals surface area contributed by atoms with E-state index >= 15 is 0 Å². The van der Waals surface area contributed by atoms with Gasteiger partial charge in [0.1, 0.15) is 5.82 Å². The monoisotopic (exact) mass is 308 g/mol. The Balaban J connectivity index is 2.22. The van der Waals surface area contributed by atoms with Crippen molar-refractivity contribution >= 4 is 27.3 Å². The molecule has 0 radical (unpaired) electrons. The largest absolute Gasteiger partial charge is 0.395 e. The van der Waals surface area contributed by atoms with E-state index in [2.05, 4.69) is 15.9 Å². The van der Waals surface area contributed by atoms with Crippen molar-refractivity contribution in [1.82, 2.24) is 0 Å². The summed E-state index contributed by atoms with van der Waals surface area (Å²) < 4.78 is 14.4. The summed E-state index contributed by atoms with van der Waals surface area (Å²) in [6.45, 7) is 0.674. The van der Waals surface area contributed by atoms with Crippen molar-refractivity contribution in [3.63, 3.8) is 0 Å². The van der Waals surface area contributed by atoms with Gasteiger partial charge in [-0.1, -0.05) is 34.1 Å². The van der Waals surface area contributed by atoms with Crippen LogP contribution in [0.25, 0.3) is 0 Å². The summed E-state index contributed by atoms with van der Waals surface area (Å²) in [7, 11) is 1.89. The van der Waals surface area contributed by atoms with Gasteiger partial charge in [0.05, 0.1) is 11.4 Å². The van der Waals surface area contributed by atoms with Gasteiger partial charge in [-0.15, -0.1) is 0 Å². The summed E-state index contributed by atoms with van der Waals surface area (Å²) in [5.41, 5.74) is 7.77. The Bertz CT molecular complexity index is 557. The van der Waals surface area contributed by atoms with Crippen LogP contribution in [0, 0.1) is 5.82 Å². The third kappa shape index (κ3) is 2.82. The van der Waals surface area contributed by atoms with Gasteiger partial charge in [-0.3, -0.25) is 0 Å². The smallest absolute Gasteiger partial charge is 0.148 e. The molecule has 4 heteroatoms. The third-order valence-corrected chi connectivity index (χ3v) is 3.24. The average Bonchev–Trinajstić information content (AvgIpc) is 2.32. The molecule has 2 aromatic carbocycles. The van der Waals surface area contributed by atoms with E-state index in [1.54, 1.807) is 6.07 Å². The van der Waals surface area contributed by atoms with Gasteiger partial charge in [-0.25, -0.2) is 4.39 Å². The van der Waals surface area contributed by atoms with E-state index in [0.29, 0.717) is 12.2 Å².